The Labute approximate surface area is 160 Å². The van der Waals surface area contributed by atoms with E-state index < -0.39 is 0 Å². The number of aliphatic hydroxyl groups is 1. The molecule has 156 valence electrons. The van der Waals surface area contributed by atoms with Crippen LogP contribution in [-0.2, 0) is 19.0 Å². The van der Waals surface area contributed by atoms with Gasteiger partial charge in [-0.3, -0.25) is 4.79 Å². The molecular formula is C20H41NO5. The van der Waals surface area contributed by atoms with Gasteiger partial charge in [-0.1, -0.05) is 39.5 Å². The van der Waals surface area contributed by atoms with Crippen LogP contribution in [0.1, 0.15) is 58.8 Å². The maximum absolute atomic E-state index is 11.5. The Balaban J connectivity index is 3.04. The monoisotopic (exact) mass is 375 g/mol. The standard InChI is InChI=1S/C20H41NO5/c1-19(2)20(23)9-7-5-3-4-6-8-10-21-11-13-24-15-17-26-18-16-25-14-12-22/h19,21-22H,3-18H2,1-2H3. The largest absolute Gasteiger partial charge is 0.394 e. The van der Waals surface area contributed by atoms with Crippen LogP contribution in [-0.4, -0.2) is 70.2 Å². The Morgan fingerprint density at radius 3 is 1.92 bits per heavy atom. The lowest BCUT2D eigenvalue weighted by molar-refractivity contribution is -0.122. The van der Waals surface area contributed by atoms with Gasteiger partial charge in [0, 0.05) is 18.9 Å². The van der Waals surface area contributed by atoms with Gasteiger partial charge in [0.15, 0.2) is 0 Å². The predicted octanol–water partition coefficient (Wildman–Crippen LogP) is 2.57. The number of nitrogens with one attached hydrogen (secondary N) is 1. The first-order valence-corrected chi connectivity index (χ1v) is 10.3. The highest BCUT2D eigenvalue weighted by molar-refractivity contribution is 5.80. The number of carbonyl (C=O) groups excluding carboxylic acids is 1. The van der Waals surface area contributed by atoms with Gasteiger partial charge in [-0.2, -0.15) is 0 Å². The number of unbranched alkanes of at least 4 members (excludes halogenated alkanes) is 5. The first kappa shape index (κ1) is 25.5. The van der Waals surface area contributed by atoms with Crippen molar-refractivity contribution in [3.63, 3.8) is 0 Å². The van der Waals surface area contributed by atoms with Crippen molar-refractivity contribution in [2.75, 3.05) is 59.3 Å². The number of aliphatic hydroxyl groups excluding tert-OH is 1. The lowest BCUT2D eigenvalue weighted by Gasteiger charge is -2.07. The van der Waals surface area contributed by atoms with Crippen molar-refractivity contribution in [2.24, 2.45) is 5.92 Å². The van der Waals surface area contributed by atoms with Crippen molar-refractivity contribution in [2.45, 2.75) is 58.8 Å². The topological polar surface area (TPSA) is 77.0 Å². The number of ketones is 1. The predicted molar refractivity (Wildman–Crippen MR) is 105 cm³/mol. The summed E-state index contributed by atoms with van der Waals surface area (Å²) in [6, 6.07) is 0. The Hall–Kier alpha value is -0.530. The molecule has 0 spiro atoms. The van der Waals surface area contributed by atoms with Crippen molar-refractivity contribution in [1.82, 2.24) is 5.32 Å². The molecule has 0 aliphatic carbocycles. The first-order chi connectivity index (χ1) is 12.7. The third-order valence-electron chi connectivity index (χ3n) is 4.07. The second-order valence-electron chi connectivity index (χ2n) is 6.80. The third-order valence-corrected chi connectivity index (χ3v) is 4.07. The summed E-state index contributed by atoms with van der Waals surface area (Å²) in [6.45, 7) is 9.21. The summed E-state index contributed by atoms with van der Waals surface area (Å²) in [5.41, 5.74) is 0. The van der Waals surface area contributed by atoms with Gasteiger partial charge < -0.3 is 24.6 Å². The van der Waals surface area contributed by atoms with Crippen LogP contribution in [0.4, 0.5) is 0 Å². The van der Waals surface area contributed by atoms with E-state index in [2.05, 4.69) is 5.32 Å². The molecule has 0 saturated heterocycles. The second-order valence-corrected chi connectivity index (χ2v) is 6.80. The molecule has 0 aromatic carbocycles. The molecule has 0 radical (unpaired) electrons. The number of hydrogen-bond donors (Lipinski definition) is 2. The molecule has 0 fully saturated rings. The lowest BCUT2D eigenvalue weighted by Crippen LogP contribution is -2.21. The maximum atomic E-state index is 11.5. The number of Topliss-reactive ketones (excluding diaryl/α,β-unsaturated/α-hetero) is 1. The Kier molecular flexibility index (Phi) is 20.4. The maximum Gasteiger partial charge on any atom is 0.135 e. The van der Waals surface area contributed by atoms with E-state index >= 15 is 0 Å². The quantitative estimate of drug-likeness (QED) is 0.300. The van der Waals surface area contributed by atoms with Crippen molar-refractivity contribution in [3.8, 4) is 0 Å². The zero-order valence-electron chi connectivity index (χ0n) is 17.0. The molecule has 0 bridgehead atoms. The molecule has 0 rings (SSSR count). The van der Waals surface area contributed by atoms with Crippen molar-refractivity contribution in [1.29, 1.82) is 0 Å². The van der Waals surface area contributed by atoms with Crippen LogP contribution in [0.3, 0.4) is 0 Å². The van der Waals surface area contributed by atoms with E-state index in [9.17, 15) is 4.79 Å². The summed E-state index contributed by atoms with van der Waals surface area (Å²) in [5, 5.41) is 11.9. The zero-order valence-corrected chi connectivity index (χ0v) is 17.0. The molecular weight excluding hydrogens is 334 g/mol. The van der Waals surface area contributed by atoms with E-state index in [1.807, 2.05) is 13.8 Å². The molecule has 0 amide bonds. The average Bonchev–Trinajstić information content (AvgIpc) is 2.63. The van der Waals surface area contributed by atoms with Gasteiger partial charge in [0.25, 0.3) is 0 Å². The molecule has 2 N–H and O–H groups in total. The number of carbonyl (C=O) groups is 1. The van der Waals surface area contributed by atoms with E-state index in [0.717, 1.165) is 25.9 Å². The molecule has 0 aromatic heterocycles. The molecule has 0 unspecified atom stereocenters. The number of ether oxygens (including phenoxy) is 3. The molecule has 0 aliphatic rings. The molecule has 26 heavy (non-hydrogen) atoms. The average molecular weight is 376 g/mol. The fraction of sp³-hybridized carbons (Fsp3) is 0.950. The van der Waals surface area contributed by atoms with E-state index in [-0.39, 0.29) is 12.5 Å². The van der Waals surface area contributed by atoms with Crippen LogP contribution in [0.15, 0.2) is 0 Å². The summed E-state index contributed by atoms with van der Waals surface area (Å²) in [7, 11) is 0. The second kappa shape index (κ2) is 20.8. The van der Waals surface area contributed by atoms with Gasteiger partial charge >= 0.3 is 0 Å². The molecule has 0 saturated carbocycles. The Bertz CT molecular complexity index is 300. The molecule has 0 heterocycles. The molecule has 6 heteroatoms. The minimum absolute atomic E-state index is 0.0523. The summed E-state index contributed by atoms with van der Waals surface area (Å²) in [4.78, 5) is 11.5. The van der Waals surface area contributed by atoms with Gasteiger partial charge in [0.1, 0.15) is 5.78 Å². The highest BCUT2D eigenvalue weighted by Gasteiger charge is 2.05. The van der Waals surface area contributed by atoms with E-state index in [1.54, 1.807) is 0 Å². The van der Waals surface area contributed by atoms with Crippen LogP contribution in [0, 0.1) is 5.92 Å². The van der Waals surface area contributed by atoms with Gasteiger partial charge in [0.05, 0.1) is 46.2 Å². The van der Waals surface area contributed by atoms with E-state index in [0.29, 0.717) is 45.4 Å². The van der Waals surface area contributed by atoms with Crippen LogP contribution >= 0.6 is 0 Å². The third kappa shape index (κ3) is 19.8. The lowest BCUT2D eigenvalue weighted by atomic mass is 10.0. The first-order valence-electron chi connectivity index (χ1n) is 10.3. The summed E-state index contributed by atoms with van der Waals surface area (Å²) in [5.74, 6) is 0.588. The Morgan fingerprint density at radius 2 is 1.31 bits per heavy atom. The highest BCUT2D eigenvalue weighted by Crippen LogP contribution is 2.09. The van der Waals surface area contributed by atoms with Gasteiger partial charge in [-0.15, -0.1) is 0 Å². The van der Waals surface area contributed by atoms with Crippen LogP contribution < -0.4 is 5.32 Å². The number of hydrogen-bond acceptors (Lipinski definition) is 6. The normalized spacial score (nSPS) is 11.4. The molecule has 6 nitrogen and oxygen atoms in total. The summed E-state index contributed by atoms with van der Waals surface area (Å²) >= 11 is 0. The van der Waals surface area contributed by atoms with Crippen LogP contribution in [0.25, 0.3) is 0 Å². The van der Waals surface area contributed by atoms with Gasteiger partial charge in [0.2, 0.25) is 0 Å². The SMILES string of the molecule is CC(C)C(=O)CCCCCCCCNCCOCCOCCOCCO. The molecule has 0 aliphatic heterocycles. The van der Waals surface area contributed by atoms with Crippen LogP contribution in [0.2, 0.25) is 0 Å². The Morgan fingerprint density at radius 1 is 0.769 bits per heavy atom. The minimum atomic E-state index is 0.0523. The summed E-state index contributed by atoms with van der Waals surface area (Å²) < 4.78 is 15.9. The van der Waals surface area contributed by atoms with E-state index in [1.165, 1.54) is 32.1 Å². The highest BCUT2D eigenvalue weighted by atomic mass is 16.5. The van der Waals surface area contributed by atoms with Crippen LogP contribution in [0.5, 0.6) is 0 Å². The minimum Gasteiger partial charge on any atom is -0.394 e. The molecule has 0 aromatic rings. The van der Waals surface area contributed by atoms with Gasteiger partial charge in [-0.25, -0.2) is 0 Å². The fourth-order valence-corrected chi connectivity index (χ4v) is 2.42. The number of rotatable bonds is 21. The van der Waals surface area contributed by atoms with Crippen molar-refractivity contribution < 1.29 is 24.1 Å². The van der Waals surface area contributed by atoms with Crippen molar-refractivity contribution in [3.05, 3.63) is 0 Å². The van der Waals surface area contributed by atoms with E-state index in [4.69, 9.17) is 19.3 Å². The van der Waals surface area contributed by atoms with Gasteiger partial charge in [-0.05, 0) is 19.4 Å². The molecule has 0 atom stereocenters. The smallest absolute Gasteiger partial charge is 0.135 e. The fourth-order valence-electron chi connectivity index (χ4n) is 2.42. The zero-order chi connectivity index (χ0) is 19.3. The summed E-state index contributed by atoms with van der Waals surface area (Å²) in [6.07, 6.45) is 7.91. The van der Waals surface area contributed by atoms with Crippen molar-refractivity contribution >= 4 is 5.78 Å².